The smallest absolute Gasteiger partial charge is 0.339 e. The molecule has 5 atom stereocenters. The van der Waals surface area contributed by atoms with E-state index in [0.29, 0.717) is 16.8 Å². The quantitative estimate of drug-likeness (QED) is 0.0515. The van der Waals surface area contributed by atoms with Crippen LogP contribution in [-0.2, 0) is 41.6 Å². The Morgan fingerprint density at radius 1 is 0.631 bits per heavy atom. The van der Waals surface area contributed by atoms with Gasteiger partial charge in [0, 0.05) is 6.42 Å². The lowest BCUT2D eigenvalue weighted by Gasteiger charge is -2.28. The van der Waals surface area contributed by atoms with Gasteiger partial charge in [-0.25, -0.2) is 4.79 Å². The Bertz CT molecular complexity index is 2210. The molecule has 0 aromatic heterocycles. The van der Waals surface area contributed by atoms with Crippen LogP contribution in [0.4, 0.5) is 11.4 Å². The van der Waals surface area contributed by atoms with Gasteiger partial charge in [0.05, 0.1) is 17.8 Å². The number of amides is 5. The van der Waals surface area contributed by atoms with E-state index in [1.807, 2.05) is 41.5 Å². The number of hydrogen-bond acceptors (Lipinski definition) is 11. The van der Waals surface area contributed by atoms with Crippen LogP contribution in [0.5, 0.6) is 11.5 Å². The Morgan fingerprint density at radius 3 is 1.68 bits per heavy atom. The number of esters is 1. The Kier molecular flexibility index (Phi) is 18.7. The Labute approximate surface area is 380 Å². The Hall–Kier alpha value is -6.65. The molecule has 0 spiro atoms. The van der Waals surface area contributed by atoms with Gasteiger partial charge in [0.2, 0.25) is 29.5 Å². The topological polar surface area (TPSA) is 254 Å². The molecule has 1 aliphatic rings. The van der Waals surface area contributed by atoms with Crippen molar-refractivity contribution < 1.29 is 48.5 Å². The van der Waals surface area contributed by atoms with Crippen molar-refractivity contribution in [1.29, 1.82) is 0 Å². The first-order valence-corrected chi connectivity index (χ1v) is 22.1. The highest BCUT2D eigenvalue weighted by Crippen LogP contribution is 2.27. The molecule has 5 amide bonds. The lowest BCUT2D eigenvalue weighted by Crippen LogP contribution is -2.59. The van der Waals surface area contributed by atoms with E-state index in [-0.39, 0.29) is 79.2 Å². The molecule has 350 valence electrons. The van der Waals surface area contributed by atoms with Crippen molar-refractivity contribution in [1.82, 2.24) is 26.6 Å². The van der Waals surface area contributed by atoms with E-state index in [1.165, 1.54) is 18.2 Å². The fraction of sp³-hybridized carbons (Fsp3) is 0.479. The SMILES string of the molecule is CC(C)CC1NC(=O)C(CC(C)C)NC(=O)[C@@H](Cc2ccc(OC(=O)CCc3ccccc3N=Nc3ccc(O)c(C(=O)O)c3)cc2)NC(=O)C(CC(C)C)NC(=O)C(C(C)C)NC1=O. The number of aromatic hydroxyl groups is 1. The number of ether oxygens (including phenoxy) is 1. The molecule has 1 heterocycles. The molecule has 1 saturated heterocycles. The van der Waals surface area contributed by atoms with E-state index in [1.54, 1.807) is 62.4 Å². The van der Waals surface area contributed by atoms with Gasteiger partial charge in [-0.05, 0) is 96.9 Å². The number of aryl methyl sites for hydroxylation is 1. The average molecular weight is 898 g/mol. The fourth-order valence-corrected chi connectivity index (χ4v) is 7.22. The van der Waals surface area contributed by atoms with E-state index in [9.17, 15) is 43.8 Å². The van der Waals surface area contributed by atoms with E-state index >= 15 is 0 Å². The molecular weight excluding hydrogens is 835 g/mol. The highest BCUT2D eigenvalue weighted by Gasteiger charge is 2.36. The Morgan fingerprint density at radius 2 is 1.14 bits per heavy atom. The molecule has 4 unspecified atom stereocenters. The highest BCUT2D eigenvalue weighted by molar-refractivity contribution is 5.98. The number of nitrogens with zero attached hydrogens (tertiary/aromatic N) is 2. The third-order valence-electron chi connectivity index (χ3n) is 10.6. The minimum atomic E-state index is -1.31. The summed E-state index contributed by atoms with van der Waals surface area (Å²) in [6.07, 6.45) is 0.952. The van der Waals surface area contributed by atoms with Gasteiger partial charge < -0.3 is 41.5 Å². The van der Waals surface area contributed by atoms with Gasteiger partial charge in [-0.1, -0.05) is 85.7 Å². The van der Waals surface area contributed by atoms with Crippen LogP contribution in [0.3, 0.4) is 0 Å². The van der Waals surface area contributed by atoms with Crippen molar-refractivity contribution in [3.8, 4) is 11.5 Å². The van der Waals surface area contributed by atoms with Crippen LogP contribution < -0.4 is 31.3 Å². The average Bonchev–Trinajstić information content (AvgIpc) is 3.23. The number of aromatic carboxylic acids is 1. The minimum Gasteiger partial charge on any atom is -0.507 e. The predicted molar refractivity (Wildman–Crippen MR) is 243 cm³/mol. The highest BCUT2D eigenvalue weighted by atomic mass is 16.5. The van der Waals surface area contributed by atoms with Crippen LogP contribution >= 0.6 is 0 Å². The molecule has 3 aromatic carbocycles. The summed E-state index contributed by atoms with van der Waals surface area (Å²) in [5.74, 6) is -5.39. The number of nitrogens with one attached hydrogen (secondary N) is 5. The van der Waals surface area contributed by atoms with E-state index < -0.39 is 77.4 Å². The summed E-state index contributed by atoms with van der Waals surface area (Å²) in [4.78, 5) is 94.1. The Balaban J connectivity index is 1.54. The summed E-state index contributed by atoms with van der Waals surface area (Å²) in [5.41, 5.74) is 1.63. The number of carboxylic acids is 1. The monoisotopic (exact) mass is 897 g/mol. The molecule has 4 rings (SSSR count). The zero-order chi connectivity index (χ0) is 48.0. The van der Waals surface area contributed by atoms with Crippen LogP contribution in [0.2, 0.25) is 0 Å². The predicted octanol–water partition coefficient (Wildman–Crippen LogP) is 5.82. The number of carboxylic acid groups (broad SMARTS) is 1. The molecular formula is C48H63N7O10. The van der Waals surface area contributed by atoms with Crippen molar-refractivity contribution >= 4 is 52.8 Å². The number of benzene rings is 3. The van der Waals surface area contributed by atoms with Gasteiger partial charge in [-0.3, -0.25) is 28.8 Å². The number of carbonyl (C=O) groups excluding carboxylic acids is 6. The van der Waals surface area contributed by atoms with Gasteiger partial charge in [0.25, 0.3) is 0 Å². The molecule has 65 heavy (non-hydrogen) atoms. The summed E-state index contributed by atoms with van der Waals surface area (Å²) in [7, 11) is 0. The minimum absolute atomic E-state index is 0.00155. The fourth-order valence-electron chi connectivity index (χ4n) is 7.22. The lowest BCUT2D eigenvalue weighted by molar-refractivity contribution is -0.135. The first kappa shape index (κ1) is 51.0. The van der Waals surface area contributed by atoms with Crippen LogP contribution in [-0.4, -0.2) is 81.9 Å². The summed E-state index contributed by atoms with van der Waals surface area (Å²) in [6, 6.07) is 11.9. The number of hydrogen-bond donors (Lipinski definition) is 7. The number of rotatable bonds is 16. The second-order valence-corrected chi connectivity index (χ2v) is 18.0. The molecule has 1 fully saturated rings. The maximum atomic E-state index is 14.2. The molecule has 0 saturated carbocycles. The van der Waals surface area contributed by atoms with E-state index in [2.05, 4.69) is 36.8 Å². The molecule has 3 aromatic rings. The summed E-state index contributed by atoms with van der Waals surface area (Å²) in [6.45, 7) is 14.9. The summed E-state index contributed by atoms with van der Waals surface area (Å²) >= 11 is 0. The van der Waals surface area contributed by atoms with Crippen molar-refractivity contribution in [3.63, 3.8) is 0 Å². The van der Waals surface area contributed by atoms with Gasteiger partial charge >= 0.3 is 11.9 Å². The van der Waals surface area contributed by atoms with Crippen LogP contribution in [0.15, 0.2) is 77.0 Å². The van der Waals surface area contributed by atoms with Gasteiger partial charge in [0.15, 0.2) is 0 Å². The first-order valence-electron chi connectivity index (χ1n) is 22.1. The zero-order valence-electron chi connectivity index (χ0n) is 38.3. The molecule has 17 nitrogen and oxygen atoms in total. The van der Waals surface area contributed by atoms with Crippen molar-refractivity contribution in [2.45, 2.75) is 124 Å². The molecule has 7 N–H and O–H groups in total. The van der Waals surface area contributed by atoms with E-state index in [4.69, 9.17) is 4.74 Å². The van der Waals surface area contributed by atoms with Crippen molar-refractivity contribution in [2.75, 3.05) is 0 Å². The molecule has 1 aliphatic heterocycles. The van der Waals surface area contributed by atoms with Crippen molar-refractivity contribution in [2.24, 2.45) is 33.9 Å². The maximum Gasteiger partial charge on any atom is 0.339 e. The van der Waals surface area contributed by atoms with Crippen LogP contribution in [0, 0.1) is 23.7 Å². The summed E-state index contributed by atoms with van der Waals surface area (Å²) < 4.78 is 5.61. The van der Waals surface area contributed by atoms with Gasteiger partial charge in [0.1, 0.15) is 47.3 Å². The molecule has 0 bridgehead atoms. The van der Waals surface area contributed by atoms with Gasteiger partial charge in [-0.15, -0.1) is 0 Å². The van der Waals surface area contributed by atoms with Crippen LogP contribution in [0.1, 0.15) is 103 Å². The normalized spacial score (nSPS) is 20.2. The van der Waals surface area contributed by atoms with E-state index in [0.717, 1.165) is 0 Å². The standard InChI is InChI=1S/C48H63N7O10/c1-26(2)21-36-43(58)50-38(23-28(5)6)46(61)53-42(29(7)8)47(62)52-37(22-27(3)4)44(59)51-39(45(60)49-36)24-30-13-17-33(18-14-30)65-41(57)20-15-31-11-9-10-12-35(31)55-54-32-16-19-40(56)34(25-32)48(63)64/h9-14,16-19,25-29,36-39,42,56H,15,20-24H2,1-8H3,(H,49,60)(H,50,58)(H,51,59)(H,52,62)(H,53,61)(H,63,64)/t36?,37?,38?,39-,42?/m1/s1. The molecule has 0 aliphatic carbocycles. The zero-order valence-corrected chi connectivity index (χ0v) is 38.3. The largest absolute Gasteiger partial charge is 0.507 e. The molecule has 17 heteroatoms. The third-order valence-corrected chi connectivity index (χ3v) is 10.6. The second-order valence-electron chi connectivity index (χ2n) is 18.0. The van der Waals surface area contributed by atoms with Gasteiger partial charge in [-0.2, -0.15) is 10.2 Å². The second kappa shape index (κ2) is 23.9. The first-order chi connectivity index (χ1) is 30.7. The van der Waals surface area contributed by atoms with Crippen molar-refractivity contribution in [3.05, 3.63) is 83.4 Å². The number of phenols is 1. The number of carbonyl (C=O) groups is 7. The molecule has 0 radical (unpaired) electrons. The lowest BCUT2D eigenvalue weighted by atomic mass is 9.98. The number of azo groups is 1. The maximum absolute atomic E-state index is 14.2. The van der Waals surface area contributed by atoms with Crippen LogP contribution in [0.25, 0.3) is 0 Å². The third kappa shape index (κ3) is 15.8. The summed E-state index contributed by atoms with van der Waals surface area (Å²) in [5, 5.41) is 41.6.